The highest BCUT2D eigenvalue weighted by Gasteiger charge is 2.33. The number of halogens is 1. The minimum atomic E-state index is -0.393. The summed E-state index contributed by atoms with van der Waals surface area (Å²) in [6.45, 7) is 8.35. The van der Waals surface area contributed by atoms with E-state index in [0.717, 1.165) is 43.8 Å². The van der Waals surface area contributed by atoms with Gasteiger partial charge in [-0.25, -0.2) is 4.79 Å². The lowest BCUT2D eigenvalue weighted by Crippen LogP contribution is -2.30. The summed E-state index contributed by atoms with van der Waals surface area (Å²) in [7, 11) is 0. The summed E-state index contributed by atoms with van der Waals surface area (Å²) >= 11 is 3.55. The molecule has 0 unspecified atom stereocenters. The number of amides is 3. The van der Waals surface area contributed by atoms with Crippen LogP contribution in [0, 0.1) is 27.7 Å². The summed E-state index contributed by atoms with van der Waals surface area (Å²) in [5.41, 5.74) is 7.48. The van der Waals surface area contributed by atoms with Crippen LogP contribution >= 0.6 is 15.9 Å². The number of nitrogens with one attached hydrogen (secondary N) is 1. The zero-order chi connectivity index (χ0) is 22.3. The van der Waals surface area contributed by atoms with E-state index in [1.807, 2.05) is 57.2 Å². The molecule has 0 radical (unpaired) electrons. The molecule has 2 aromatic carbocycles. The van der Waals surface area contributed by atoms with Gasteiger partial charge in [0.2, 0.25) is 0 Å². The van der Waals surface area contributed by atoms with Gasteiger partial charge in [-0.1, -0.05) is 45.8 Å². The van der Waals surface area contributed by atoms with E-state index in [-0.39, 0.29) is 12.5 Å². The number of aromatic nitrogens is 1. The van der Waals surface area contributed by atoms with Gasteiger partial charge in [-0.3, -0.25) is 9.69 Å². The first-order valence-electron chi connectivity index (χ1n) is 10.1. The van der Waals surface area contributed by atoms with E-state index in [1.165, 1.54) is 4.90 Å². The third kappa shape index (κ3) is 4.08. The first-order valence-corrected chi connectivity index (χ1v) is 10.9. The van der Waals surface area contributed by atoms with Crippen LogP contribution in [0.4, 0.5) is 4.79 Å². The van der Waals surface area contributed by atoms with Gasteiger partial charge in [-0.05, 0) is 74.7 Å². The standard InChI is InChI=1S/C25H24BrN3O2/c1-15-6-5-7-19(10-15)14-28-24(30)23(27-25(28)31)13-20-12-17(3)29(18(20)4)21-8-9-22(26)16(2)11-21/h5-13H,14H2,1-4H3,(H,27,31)/b23-13+. The average molecular weight is 478 g/mol. The molecule has 1 saturated heterocycles. The summed E-state index contributed by atoms with van der Waals surface area (Å²) in [6, 6.07) is 15.7. The Morgan fingerprint density at radius 1 is 1.00 bits per heavy atom. The number of nitrogens with zero attached hydrogens (tertiary/aromatic N) is 2. The number of carbonyl (C=O) groups is 2. The lowest BCUT2D eigenvalue weighted by molar-refractivity contribution is -0.123. The zero-order valence-electron chi connectivity index (χ0n) is 18.0. The molecule has 158 valence electrons. The molecule has 1 aliphatic heterocycles. The molecule has 1 N–H and O–H groups in total. The van der Waals surface area contributed by atoms with Gasteiger partial charge >= 0.3 is 6.03 Å². The summed E-state index contributed by atoms with van der Waals surface area (Å²) in [6.07, 6.45) is 1.76. The van der Waals surface area contributed by atoms with Gasteiger partial charge in [0.15, 0.2) is 0 Å². The second kappa shape index (κ2) is 8.19. The number of rotatable bonds is 4. The molecule has 1 fully saturated rings. The first-order chi connectivity index (χ1) is 14.7. The Morgan fingerprint density at radius 2 is 1.77 bits per heavy atom. The van der Waals surface area contributed by atoms with Crippen molar-refractivity contribution in [2.24, 2.45) is 0 Å². The van der Waals surface area contributed by atoms with Gasteiger partial charge in [0.25, 0.3) is 5.91 Å². The number of hydrogen-bond donors (Lipinski definition) is 1. The van der Waals surface area contributed by atoms with Crippen LogP contribution in [-0.4, -0.2) is 21.4 Å². The first kappa shape index (κ1) is 21.1. The molecule has 1 aromatic heterocycles. The zero-order valence-corrected chi connectivity index (χ0v) is 19.6. The van der Waals surface area contributed by atoms with Gasteiger partial charge in [0, 0.05) is 21.5 Å². The number of imide groups is 1. The molecular formula is C25H24BrN3O2. The second-order valence-corrected chi connectivity index (χ2v) is 8.82. The fourth-order valence-electron chi connectivity index (χ4n) is 3.96. The minimum Gasteiger partial charge on any atom is -0.318 e. The van der Waals surface area contributed by atoms with Crippen molar-refractivity contribution >= 4 is 33.9 Å². The van der Waals surface area contributed by atoms with Crippen molar-refractivity contribution in [2.45, 2.75) is 34.2 Å². The van der Waals surface area contributed by atoms with Crippen LogP contribution in [0.15, 0.2) is 58.7 Å². The maximum atomic E-state index is 12.9. The lowest BCUT2D eigenvalue weighted by Gasteiger charge is -2.12. The number of carbonyl (C=O) groups excluding carboxylic acids is 2. The van der Waals surface area contributed by atoms with Crippen LogP contribution in [0.3, 0.4) is 0 Å². The van der Waals surface area contributed by atoms with E-state index >= 15 is 0 Å². The van der Waals surface area contributed by atoms with Crippen molar-refractivity contribution in [1.29, 1.82) is 0 Å². The van der Waals surface area contributed by atoms with Gasteiger partial charge in [-0.2, -0.15) is 0 Å². The molecule has 0 aliphatic carbocycles. The van der Waals surface area contributed by atoms with Gasteiger partial charge in [0.05, 0.1) is 6.54 Å². The number of hydrogen-bond acceptors (Lipinski definition) is 2. The van der Waals surface area contributed by atoms with Crippen molar-refractivity contribution < 1.29 is 9.59 Å². The van der Waals surface area contributed by atoms with Gasteiger partial charge in [0.1, 0.15) is 5.70 Å². The molecule has 0 spiro atoms. The van der Waals surface area contributed by atoms with Crippen LogP contribution in [0.25, 0.3) is 11.8 Å². The Labute approximate surface area is 190 Å². The molecule has 4 rings (SSSR count). The van der Waals surface area contributed by atoms with Crippen molar-refractivity contribution in [2.75, 3.05) is 0 Å². The molecule has 0 atom stereocenters. The lowest BCUT2D eigenvalue weighted by atomic mass is 10.1. The third-order valence-electron chi connectivity index (χ3n) is 5.56. The van der Waals surface area contributed by atoms with E-state index < -0.39 is 6.03 Å². The molecule has 2 heterocycles. The monoisotopic (exact) mass is 477 g/mol. The largest absolute Gasteiger partial charge is 0.329 e. The minimum absolute atomic E-state index is 0.251. The van der Waals surface area contributed by atoms with Crippen molar-refractivity contribution in [1.82, 2.24) is 14.8 Å². The van der Waals surface area contributed by atoms with E-state index in [1.54, 1.807) is 6.08 Å². The smallest absolute Gasteiger partial charge is 0.318 e. The predicted octanol–water partition coefficient (Wildman–Crippen LogP) is 5.57. The normalized spacial score (nSPS) is 15.1. The quantitative estimate of drug-likeness (QED) is 0.394. The maximum absolute atomic E-state index is 12.9. The average Bonchev–Trinajstić information content (AvgIpc) is 3.14. The van der Waals surface area contributed by atoms with Crippen molar-refractivity contribution in [3.63, 3.8) is 0 Å². The van der Waals surface area contributed by atoms with E-state index in [4.69, 9.17) is 0 Å². The Balaban J connectivity index is 1.64. The Morgan fingerprint density at radius 3 is 2.48 bits per heavy atom. The second-order valence-electron chi connectivity index (χ2n) is 7.96. The summed E-state index contributed by atoms with van der Waals surface area (Å²) < 4.78 is 3.21. The van der Waals surface area contributed by atoms with Crippen LogP contribution < -0.4 is 5.32 Å². The summed E-state index contributed by atoms with van der Waals surface area (Å²) in [4.78, 5) is 26.6. The molecule has 31 heavy (non-hydrogen) atoms. The van der Waals surface area contributed by atoms with Gasteiger partial charge in [-0.15, -0.1) is 0 Å². The molecule has 0 bridgehead atoms. The van der Waals surface area contributed by atoms with Crippen molar-refractivity contribution in [3.8, 4) is 5.69 Å². The number of urea groups is 1. The molecule has 3 amide bonds. The van der Waals surface area contributed by atoms with E-state index in [9.17, 15) is 9.59 Å². The molecular weight excluding hydrogens is 454 g/mol. The highest BCUT2D eigenvalue weighted by atomic mass is 79.9. The third-order valence-corrected chi connectivity index (χ3v) is 6.45. The SMILES string of the molecule is Cc1cccc(CN2C(=O)N/C(=C/c3cc(C)n(-c4ccc(Br)c(C)c4)c3C)C2=O)c1. The summed E-state index contributed by atoms with van der Waals surface area (Å²) in [5, 5.41) is 2.73. The molecule has 5 nitrogen and oxygen atoms in total. The molecule has 3 aromatic rings. The Hall–Kier alpha value is -3.12. The Bertz CT molecular complexity index is 1240. The Kier molecular flexibility index (Phi) is 5.58. The highest BCUT2D eigenvalue weighted by molar-refractivity contribution is 9.10. The fourth-order valence-corrected chi connectivity index (χ4v) is 4.21. The van der Waals surface area contributed by atoms with Gasteiger partial charge < -0.3 is 9.88 Å². The van der Waals surface area contributed by atoms with Crippen LogP contribution in [-0.2, 0) is 11.3 Å². The van der Waals surface area contributed by atoms with E-state index in [0.29, 0.717) is 5.70 Å². The van der Waals surface area contributed by atoms with Crippen LogP contribution in [0.5, 0.6) is 0 Å². The highest BCUT2D eigenvalue weighted by Crippen LogP contribution is 2.27. The molecule has 6 heteroatoms. The topological polar surface area (TPSA) is 54.3 Å². The number of benzene rings is 2. The maximum Gasteiger partial charge on any atom is 0.329 e. The van der Waals surface area contributed by atoms with Crippen LogP contribution in [0.2, 0.25) is 0 Å². The van der Waals surface area contributed by atoms with Crippen molar-refractivity contribution in [3.05, 3.63) is 92.3 Å². The number of aryl methyl sites for hydroxylation is 3. The molecule has 1 aliphatic rings. The summed E-state index contributed by atoms with van der Waals surface area (Å²) in [5.74, 6) is -0.309. The van der Waals surface area contributed by atoms with E-state index in [2.05, 4.69) is 44.9 Å². The van der Waals surface area contributed by atoms with Crippen LogP contribution in [0.1, 0.15) is 33.6 Å². The fraction of sp³-hybridized carbons (Fsp3) is 0.200. The molecule has 0 saturated carbocycles. The predicted molar refractivity (Wildman–Crippen MR) is 126 cm³/mol.